The van der Waals surface area contributed by atoms with Crippen LogP contribution < -0.4 is 10.1 Å². The number of nitrogens with zero attached hydrogens (tertiary/aromatic N) is 2. The molecule has 1 heterocycles. The number of rotatable bonds is 4. The fourth-order valence-corrected chi connectivity index (χ4v) is 1.89. The van der Waals surface area contributed by atoms with E-state index in [0.29, 0.717) is 12.5 Å². The van der Waals surface area contributed by atoms with Crippen molar-refractivity contribution >= 4 is 5.69 Å². The summed E-state index contributed by atoms with van der Waals surface area (Å²) in [5, 5.41) is 14.2. The monoisotopic (exact) mass is 251 g/mol. The molecule has 0 aliphatic carbocycles. The Morgan fingerprint density at radius 1 is 1.44 bits per heavy atom. The molecular formula is C12H17N3O3. The maximum absolute atomic E-state index is 10.9. The van der Waals surface area contributed by atoms with Crippen LogP contribution in [-0.4, -0.2) is 42.7 Å². The predicted molar refractivity (Wildman–Crippen MR) is 67.8 cm³/mol. The highest BCUT2D eigenvalue weighted by Gasteiger charge is 2.17. The molecule has 0 atom stereocenters. The van der Waals surface area contributed by atoms with Crippen molar-refractivity contribution in [1.29, 1.82) is 0 Å². The molecule has 1 aromatic rings. The molecule has 2 rings (SSSR count). The van der Waals surface area contributed by atoms with E-state index in [2.05, 4.69) is 10.2 Å². The summed E-state index contributed by atoms with van der Waals surface area (Å²) in [7, 11) is 0. The van der Waals surface area contributed by atoms with Gasteiger partial charge in [0.2, 0.25) is 0 Å². The van der Waals surface area contributed by atoms with Gasteiger partial charge in [-0.05, 0) is 18.6 Å². The largest absolute Gasteiger partial charge is 0.471 e. The molecule has 1 aromatic carbocycles. The number of benzene rings is 1. The molecule has 0 unspecified atom stereocenters. The first-order valence-electron chi connectivity index (χ1n) is 5.98. The Bertz CT molecular complexity index is 431. The molecule has 98 valence electrons. The second-order valence-electron chi connectivity index (χ2n) is 4.37. The van der Waals surface area contributed by atoms with Gasteiger partial charge in [0.1, 0.15) is 6.73 Å². The topological polar surface area (TPSA) is 67.6 Å². The third-order valence-electron chi connectivity index (χ3n) is 2.92. The summed E-state index contributed by atoms with van der Waals surface area (Å²) in [4.78, 5) is 12.6. The first kappa shape index (κ1) is 12.8. The van der Waals surface area contributed by atoms with Crippen LogP contribution in [0.4, 0.5) is 5.69 Å². The van der Waals surface area contributed by atoms with Gasteiger partial charge in [-0.25, -0.2) is 0 Å². The lowest BCUT2D eigenvalue weighted by atomic mass is 10.2. The van der Waals surface area contributed by atoms with Crippen LogP contribution >= 0.6 is 0 Å². The molecular weight excluding hydrogens is 234 g/mol. The summed E-state index contributed by atoms with van der Waals surface area (Å²) in [6, 6.07) is 5.02. The number of nitrogens with one attached hydrogen (secondary N) is 1. The second-order valence-corrected chi connectivity index (χ2v) is 4.37. The number of piperazine rings is 1. The fourth-order valence-electron chi connectivity index (χ4n) is 1.89. The van der Waals surface area contributed by atoms with Crippen LogP contribution in [0.1, 0.15) is 5.56 Å². The van der Waals surface area contributed by atoms with Crippen molar-refractivity contribution in [2.75, 3.05) is 32.9 Å². The van der Waals surface area contributed by atoms with E-state index in [1.807, 2.05) is 13.0 Å². The standard InChI is InChI=1S/C12H17N3O3/c1-10-2-3-12(11(8-10)15(16)17)18-9-14-6-4-13-5-7-14/h2-3,8,13H,4-7,9H2,1H3. The number of hydrogen-bond donors (Lipinski definition) is 1. The van der Waals surface area contributed by atoms with E-state index in [9.17, 15) is 10.1 Å². The number of ether oxygens (including phenoxy) is 1. The van der Waals surface area contributed by atoms with E-state index in [4.69, 9.17) is 4.74 Å². The molecule has 0 spiro atoms. The Labute approximate surface area is 106 Å². The lowest BCUT2D eigenvalue weighted by Crippen LogP contribution is -2.44. The van der Waals surface area contributed by atoms with Gasteiger partial charge in [0.25, 0.3) is 0 Å². The average Bonchev–Trinajstić information content (AvgIpc) is 2.38. The van der Waals surface area contributed by atoms with Crippen molar-refractivity contribution in [2.24, 2.45) is 0 Å². The molecule has 0 amide bonds. The maximum Gasteiger partial charge on any atom is 0.311 e. The summed E-state index contributed by atoms with van der Waals surface area (Å²) in [5.74, 6) is 0.337. The second kappa shape index (κ2) is 5.79. The maximum atomic E-state index is 10.9. The molecule has 0 bridgehead atoms. The van der Waals surface area contributed by atoms with Crippen LogP contribution in [0.15, 0.2) is 18.2 Å². The Morgan fingerprint density at radius 3 is 2.83 bits per heavy atom. The van der Waals surface area contributed by atoms with Crippen LogP contribution in [0.5, 0.6) is 5.75 Å². The van der Waals surface area contributed by atoms with Gasteiger partial charge < -0.3 is 10.1 Å². The summed E-state index contributed by atoms with van der Waals surface area (Å²) in [5.41, 5.74) is 0.890. The van der Waals surface area contributed by atoms with Gasteiger partial charge >= 0.3 is 5.69 Å². The Kier molecular flexibility index (Phi) is 4.11. The van der Waals surface area contributed by atoms with Gasteiger partial charge in [-0.3, -0.25) is 15.0 Å². The van der Waals surface area contributed by atoms with E-state index in [0.717, 1.165) is 31.7 Å². The van der Waals surface area contributed by atoms with Crippen LogP contribution in [-0.2, 0) is 0 Å². The molecule has 1 fully saturated rings. The Balaban J connectivity index is 2.01. The van der Waals surface area contributed by atoms with E-state index in [1.165, 1.54) is 6.07 Å². The van der Waals surface area contributed by atoms with Crippen molar-refractivity contribution in [3.63, 3.8) is 0 Å². The minimum absolute atomic E-state index is 0.0325. The molecule has 6 heteroatoms. The van der Waals surface area contributed by atoms with Crippen LogP contribution in [0.25, 0.3) is 0 Å². The number of hydrogen-bond acceptors (Lipinski definition) is 5. The summed E-state index contributed by atoms with van der Waals surface area (Å²) < 4.78 is 5.55. The molecule has 1 saturated heterocycles. The minimum atomic E-state index is -0.403. The third kappa shape index (κ3) is 3.18. The van der Waals surface area contributed by atoms with Gasteiger partial charge in [0, 0.05) is 32.2 Å². The van der Waals surface area contributed by atoms with Crippen molar-refractivity contribution < 1.29 is 9.66 Å². The smallest absolute Gasteiger partial charge is 0.311 e. The Hall–Kier alpha value is -1.66. The first-order chi connectivity index (χ1) is 8.66. The van der Waals surface area contributed by atoms with Crippen LogP contribution in [0, 0.1) is 17.0 Å². The van der Waals surface area contributed by atoms with Gasteiger partial charge in [0.15, 0.2) is 5.75 Å². The molecule has 0 radical (unpaired) electrons. The van der Waals surface area contributed by atoms with Crippen LogP contribution in [0.2, 0.25) is 0 Å². The average molecular weight is 251 g/mol. The first-order valence-corrected chi connectivity index (χ1v) is 5.98. The van der Waals surface area contributed by atoms with Gasteiger partial charge in [-0.15, -0.1) is 0 Å². The highest BCUT2D eigenvalue weighted by atomic mass is 16.6. The quantitative estimate of drug-likeness (QED) is 0.642. The third-order valence-corrected chi connectivity index (χ3v) is 2.92. The summed E-state index contributed by atoms with van der Waals surface area (Å²) in [6.45, 7) is 5.89. The lowest BCUT2D eigenvalue weighted by Gasteiger charge is -2.26. The predicted octanol–water partition coefficient (Wildman–Crippen LogP) is 1.14. The zero-order valence-electron chi connectivity index (χ0n) is 10.4. The van der Waals surface area contributed by atoms with E-state index in [-0.39, 0.29) is 5.69 Å². The van der Waals surface area contributed by atoms with E-state index in [1.54, 1.807) is 6.07 Å². The van der Waals surface area contributed by atoms with Crippen molar-refractivity contribution in [2.45, 2.75) is 6.92 Å². The Morgan fingerprint density at radius 2 is 2.17 bits per heavy atom. The molecule has 6 nitrogen and oxygen atoms in total. The molecule has 1 aliphatic heterocycles. The number of aryl methyl sites for hydroxylation is 1. The van der Waals surface area contributed by atoms with Gasteiger partial charge in [-0.2, -0.15) is 0 Å². The van der Waals surface area contributed by atoms with Crippen molar-refractivity contribution in [3.05, 3.63) is 33.9 Å². The zero-order valence-corrected chi connectivity index (χ0v) is 10.4. The SMILES string of the molecule is Cc1ccc(OCN2CCNCC2)c([N+](=O)[O-])c1. The normalized spacial score (nSPS) is 16.5. The van der Waals surface area contributed by atoms with Crippen molar-refractivity contribution in [3.8, 4) is 5.75 Å². The summed E-state index contributed by atoms with van der Waals surface area (Å²) in [6.07, 6.45) is 0. The fraction of sp³-hybridized carbons (Fsp3) is 0.500. The number of nitro groups is 1. The molecule has 0 aromatic heterocycles. The highest BCUT2D eigenvalue weighted by molar-refractivity contribution is 5.48. The lowest BCUT2D eigenvalue weighted by molar-refractivity contribution is -0.386. The number of nitro benzene ring substituents is 1. The summed E-state index contributed by atoms with van der Waals surface area (Å²) >= 11 is 0. The van der Waals surface area contributed by atoms with Gasteiger partial charge in [-0.1, -0.05) is 6.07 Å². The molecule has 1 aliphatic rings. The minimum Gasteiger partial charge on any atom is -0.471 e. The molecule has 1 N–H and O–H groups in total. The van der Waals surface area contributed by atoms with Crippen molar-refractivity contribution in [1.82, 2.24) is 10.2 Å². The molecule has 0 saturated carbocycles. The highest BCUT2D eigenvalue weighted by Crippen LogP contribution is 2.27. The molecule has 18 heavy (non-hydrogen) atoms. The van der Waals surface area contributed by atoms with Crippen LogP contribution in [0.3, 0.4) is 0 Å². The van der Waals surface area contributed by atoms with E-state index >= 15 is 0 Å². The van der Waals surface area contributed by atoms with Gasteiger partial charge in [0.05, 0.1) is 4.92 Å². The van der Waals surface area contributed by atoms with E-state index < -0.39 is 4.92 Å². The zero-order chi connectivity index (χ0) is 13.0.